The Kier molecular flexibility index (Phi) is 5.11. The number of rotatable bonds is 5. The first-order chi connectivity index (χ1) is 13.2. The normalized spacial score (nSPS) is 12.3. The molecule has 0 spiro atoms. The van der Waals surface area contributed by atoms with Gasteiger partial charge < -0.3 is 15.5 Å². The minimum atomic E-state index is 0.793. The highest BCUT2D eigenvalue weighted by atomic mass is 35.5. The van der Waals surface area contributed by atoms with Crippen LogP contribution in [0, 0.1) is 0 Å². The van der Waals surface area contributed by atoms with Crippen LogP contribution < -0.4 is 15.5 Å². The Hall–Kier alpha value is -2.04. The van der Waals surface area contributed by atoms with Gasteiger partial charge in [0.25, 0.3) is 0 Å². The number of benzene rings is 3. The van der Waals surface area contributed by atoms with Crippen molar-refractivity contribution >= 4 is 56.9 Å². The number of nitrogens with zero attached hydrogens (tertiary/aromatic N) is 1. The van der Waals surface area contributed by atoms with Crippen molar-refractivity contribution in [1.29, 1.82) is 0 Å². The lowest BCUT2D eigenvalue weighted by Gasteiger charge is -2.28. The van der Waals surface area contributed by atoms with Crippen LogP contribution in [0.4, 0.5) is 22.7 Å². The van der Waals surface area contributed by atoms with E-state index in [0.717, 1.165) is 52.0 Å². The molecule has 0 unspecified atom stereocenters. The van der Waals surface area contributed by atoms with Crippen LogP contribution in [0.3, 0.4) is 0 Å². The molecule has 27 heavy (non-hydrogen) atoms. The fourth-order valence-electron chi connectivity index (χ4n) is 3.68. The second-order valence-corrected chi connectivity index (χ2v) is 7.98. The third-order valence-electron chi connectivity index (χ3n) is 5.03. The molecule has 4 rings (SSSR count). The molecule has 1 heterocycles. The molecule has 0 aromatic heterocycles. The van der Waals surface area contributed by atoms with Crippen LogP contribution in [0.1, 0.15) is 20.8 Å². The molecule has 140 valence electrons. The zero-order valence-electron chi connectivity index (χ0n) is 15.9. The highest BCUT2D eigenvalue weighted by Gasteiger charge is 2.24. The molecule has 2 N–H and O–H groups in total. The third kappa shape index (κ3) is 3.11. The van der Waals surface area contributed by atoms with E-state index in [4.69, 9.17) is 11.6 Å². The Bertz CT molecular complexity index is 999. The predicted octanol–water partition coefficient (Wildman–Crippen LogP) is 6.98. The van der Waals surface area contributed by atoms with Crippen molar-refractivity contribution in [3.05, 3.63) is 47.5 Å². The van der Waals surface area contributed by atoms with E-state index >= 15 is 0 Å². The Morgan fingerprint density at radius 3 is 2.48 bits per heavy atom. The highest BCUT2D eigenvalue weighted by Crippen LogP contribution is 2.53. The summed E-state index contributed by atoms with van der Waals surface area (Å²) in [5, 5.41) is 10.2. The van der Waals surface area contributed by atoms with Crippen molar-refractivity contribution < 1.29 is 0 Å². The van der Waals surface area contributed by atoms with E-state index in [1.165, 1.54) is 16.0 Å². The molecule has 5 heteroatoms. The number of anilines is 4. The monoisotopic (exact) mass is 397 g/mol. The van der Waals surface area contributed by atoms with E-state index in [0.29, 0.717) is 0 Å². The SMILES string of the molecule is CCNc1c(Cl)c2c(c3ccccc13)Nc1ccc(N(CC)CC)cc1S2. The summed E-state index contributed by atoms with van der Waals surface area (Å²) in [6.07, 6.45) is 0. The fourth-order valence-corrected chi connectivity index (χ4v) is 5.14. The largest absolute Gasteiger partial charge is 0.384 e. The van der Waals surface area contributed by atoms with Crippen LogP contribution in [0.5, 0.6) is 0 Å². The highest BCUT2D eigenvalue weighted by molar-refractivity contribution is 8.00. The molecule has 0 bridgehead atoms. The van der Waals surface area contributed by atoms with Gasteiger partial charge in [0, 0.05) is 41.0 Å². The fraction of sp³-hybridized carbons (Fsp3) is 0.273. The zero-order chi connectivity index (χ0) is 19.0. The molecule has 0 fully saturated rings. The van der Waals surface area contributed by atoms with Gasteiger partial charge in [0.1, 0.15) is 0 Å². The van der Waals surface area contributed by atoms with Crippen molar-refractivity contribution in [3.63, 3.8) is 0 Å². The minimum Gasteiger partial charge on any atom is -0.384 e. The smallest absolute Gasteiger partial charge is 0.0804 e. The van der Waals surface area contributed by atoms with E-state index in [9.17, 15) is 0 Å². The summed E-state index contributed by atoms with van der Waals surface area (Å²) in [5.74, 6) is 0. The van der Waals surface area contributed by atoms with E-state index in [-0.39, 0.29) is 0 Å². The predicted molar refractivity (Wildman–Crippen MR) is 121 cm³/mol. The zero-order valence-corrected chi connectivity index (χ0v) is 17.5. The van der Waals surface area contributed by atoms with Gasteiger partial charge in [-0.25, -0.2) is 0 Å². The Balaban J connectivity index is 1.86. The summed E-state index contributed by atoms with van der Waals surface area (Å²) in [7, 11) is 0. The van der Waals surface area contributed by atoms with Crippen molar-refractivity contribution in [2.24, 2.45) is 0 Å². The average Bonchev–Trinajstić information content (AvgIpc) is 2.71. The van der Waals surface area contributed by atoms with Crippen LogP contribution in [0.2, 0.25) is 5.02 Å². The molecule has 1 aliphatic heterocycles. The van der Waals surface area contributed by atoms with Gasteiger partial charge in [0.05, 0.1) is 27.0 Å². The lowest BCUT2D eigenvalue weighted by atomic mass is 10.1. The molecular formula is C22H24ClN3S. The molecule has 0 saturated carbocycles. The molecule has 0 radical (unpaired) electrons. The summed E-state index contributed by atoms with van der Waals surface area (Å²) < 4.78 is 0. The van der Waals surface area contributed by atoms with Gasteiger partial charge in [-0.15, -0.1) is 0 Å². The van der Waals surface area contributed by atoms with Gasteiger partial charge >= 0.3 is 0 Å². The molecule has 0 aliphatic carbocycles. The Morgan fingerprint density at radius 2 is 1.78 bits per heavy atom. The lowest BCUT2D eigenvalue weighted by Crippen LogP contribution is -2.21. The first-order valence-electron chi connectivity index (χ1n) is 9.49. The van der Waals surface area contributed by atoms with Crippen LogP contribution in [-0.2, 0) is 0 Å². The van der Waals surface area contributed by atoms with Gasteiger partial charge in [-0.2, -0.15) is 0 Å². The molecule has 3 aromatic carbocycles. The quantitative estimate of drug-likeness (QED) is 0.380. The number of nitrogens with one attached hydrogen (secondary N) is 2. The first kappa shape index (κ1) is 18.3. The molecule has 0 amide bonds. The minimum absolute atomic E-state index is 0.793. The summed E-state index contributed by atoms with van der Waals surface area (Å²) in [4.78, 5) is 4.67. The number of fused-ring (bicyclic) bond motifs is 4. The number of hydrogen-bond donors (Lipinski definition) is 2. The van der Waals surface area contributed by atoms with Crippen LogP contribution in [0.15, 0.2) is 52.3 Å². The second kappa shape index (κ2) is 7.53. The van der Waals surface area contributed by atoms with E-state index < -0.39 is 0 Å². The number of halogens is 1. The summed E-state index contributed by atoms with van der Waals surface area (Å²) in [5.41, 5.74) is 4.51. The molecule has 0 atom stereocenters. The molecule has 3 nitrogen and oxygen atoms in total. The van der Waals surface area contributed by atoms with Gasteiger partial charge in [0.2, 0.25) is 0 Å². The van der Waals surface area contributed by atoms with Gasteiger partial charge in [-0.05, 0) is 39.0 Å². The van der Waals surface area contributed by atoms with Gasteiger partial charge in [-0.1, -0.05) is 47.6 Å². The average molecular weight is 398 g/mol. The van der Waals surface area contributed by atoms with Gasteiger partial charge in [0.15, 0.2) is 0 Å². The van der Waals surface area contributed by atoms with Crippen molar-refractivity contribution in [1.82, 2.24) is 0 Å². The van der Waals surface area contributed by atoms with Crippen LogP contribution >= 0.6 is 23.4 Å². The van der Waals surface area contributed by atoms with Crippen molar-refractivity contribution in [2.45, 2.75) is 30.6 Å². The maximum absolute atomic E-state index is 6.87. The van der Waals surface area contributed by atoms with E-state index in [2.05, 4.69) is 78.8 Å². The molecule has 1 aliphatic rings. The molecule has 3 aromatic rings. The van der Waals surface area contributed by atoms with Crippen LogP contribution in [-0.4, -0.2) is 19.6 Å². The van der Waals surface area contributed by atoms with Gasteiger partial charge in [-0.3, -0.25) is 0 Å². The van der Waals surface area contributed by atoms with Crippen LogP contribution in [0.25, 0.3) is 10.8 Å². The molecular weight excluding hydrogens is 374 g/mol. The standard InChI is InChI=1S/C22H24ClN3S/c1-4-24-20-15-9-7-8-10-16(15)21-22(19(20)23)27-18-13-14(26(5-2)6-3)11-12-17(18)25-21/h7-13,24-25H,4-6H2,1-3H3. The maximum Gasteiger partial charge on any atom is 0.0804 e. The second-order valence-electron chi connectivity index (χ2n) is 6.55. The van der Waals surface area contributed by atoms with Crippen molar-refractivity contribution in [2.75, 3.05) is 35.2 Å². The first-order valence-corrected chi connectivity index (χ1v) is 10.7. The number of hydrogen-bond acceptors (Lipinski definition) is 4. The van der Waals surface area contributed by atoms with E-state index in [1.54, 1.807) is 11.8 Å². The lowest BCUT2D eigenvalue weighted by molar-refractivity contribution is 0.864. The Morgan fingerprint density at radius 1 is 1.04 bits per heavy atom. The van der Waals surface area contributed by atoms with E-state index in [1.807, 2.05) is 0 Å². The summed E-state index contributed by atoms with van der Waals surface area (Å²) in [6, 6.07) is 15.1. The summed E-state index contributed by atoms with van der Waals surface area (Å²) >= 11 is 8.63. The molecule has 0 saturated heterocycles. The topological polar surface area (TPSA) is 27.3 Å². The third-order valence-corrected chi connectivity index (χ3v) is 6.69. The maximum atomic E-state index is 6.87. The Labute approximate surface area is 170 Å². The summed E-state index contributed by atoms with van der Waals surface area (Å²) in [6.45, 7) is 9.31. The van der Waals surface area contributed by atoms with Crippen molar-refractivity contribution in [3.8, 4) is 0 Å².